The van der Waals surface area contributed by atoms with E-state index in [1.165, 1.54) is 44.9 Å². The molecule has 0 radical (unpaired) electrons. The van der Waals surface area contributed by atoms with Crippen LogP contribution in [0.25, 0.3) is 0 Å². The quantitative estimate of drug-likeness (QED) is 0.473. The second-order valence-corrected chi connectivity index (χ2v) is 5.08. The van der Waals surface area contributed by atoms with Crippen LogP contribution in [0.5, 0.6) is 0 Å². The van der Waals surface area contributed by atoms with Crippen molar-refractivity contribution in [1.29, 1.82) is 0 Å². The lowest BCUT2D eigenvalue weighted by atomic mass is 9.92. The van der Waals surface area contributed by atoms with Gasteiger partial charge in [-0.25, -0.2) is 0 Å². The number of hydrogen-bond donors (Lipinski definition) is 0. The molecule has 0 aromatic carbocycles. The average molecular weight is 220 g/mol. The molecule has 0 fully saturated rings. The Hall–Kier alpha value is -0.520. The van der Waals surface area contributed by atoms with Crippen molar-refractivity contribution < 1.29 is 0 Å². The van der Waals surface area contributed by atoms with Gasteiger partial charge in [0.25, 0.3) is 0 Å². The molecule has 0 saturated heterocycles. The van der Waals surface area contributed by atoms with Gasteiger partial charge in [-0.2, -0.15) is 0 Å². The molecule has 0 heterocycles. The molecule has 0 saturated carbocycles. The Kier molecular flexibility index (Phi) is 6.52. The minimum atomic E-state index is 0.743. The summed E-state index contributed by atoms with van der Waals surface area (Å²) in [6, 6.07) is 0. The van der Waals surface area contributed by atoms with Gasteiger partial charge in [0.05, 0.1) is 0 Å². The molecule has 0 amide bonds. The number of rotatable bonds is 8. The molecule has 0 nitrogen and oxygen atoms in total. The van der Waals surface area contributed by atoms with Crippen LogP contribution in [-0.2, 0) is 0 Å². The largest absolute Gasteiger partial charge is 0.0773 e. The summed E-state index contributed by atoms with van der Waals surface area (Å²) in [5.41, 5.74) is 1.62. The summed E-state index contributed by atoms with van der Waals surface area (Å²) in [5, 5.41) is 0. The van der Waals surface area contributed by atoms with Gasteiger partial charge in [0.2, 0.25) is 0 Å². The van der Waals surface area contributed by atoms with E-state index < -0.39 is 0 Å². The summed E-state index contributed by atoms with van der Waals surface area (Å²) in [5.74, 6) is 1.56. The first-order chi connectivity index (χ1) is 7.81. The lowest BCUT2D eigenvalue weighted by molar-refractivity contribution is 0.541. The molecule has 0 N–H and O–H groups in total. The molecule has 1 unspecified atom stereocenters. The first-order valence-corrected chi connectivity index (χ1v) is 7.21. The van der Waals surface area contributed by atoms with Crippen LogP contribution in [0.3, 0.4) is 0 Å². The zero-order valence-electron chi connectivity index (χ0n) is 11.3. The molecule has 1 aliphatic rings. The molecule has 2 atom stereocenters. The lowest BCUT2D eigenvalue weighted by Crippen LogP contribution is -2.00. The van der Waals surface area contributed by atoms with Gasteiger partial charge in [-0.05, 0) is 36.7 Å². The summed E-state index contributed by atoms with van der Waals surface area (Å²) >= 11 is 0. The normalized spacial score (nSPS) is 21.2. The van der Waals surface area contributed by atoms with Gasteiger partial charge in [-0.15, -0.1) is 0 Å². The maximum atomic E-state index is 2.53. The van der Waals surface area contributed by atoms with E-state index in [4.69, 9.17) is 0 Å². The fourth-order valence-corrected chi connectivity index (χ4v) is 2.63. The van der Waals surface area contributed by atoms with Crippen molar-refractivity contribution in [3.63, 3.8) is 0 Å². The zero-order chi connectivity index (χ0) is 11.8. The summed E-state index contributed by atoms with van der Waals surface area (Å²) in [4.78, 5) is 0. The van der Waals surface area contributed by atoms with Crippen LogP contribution < -0.4 is 0 Å². The van der Waals surface area contributed by atoms with E-state index in [2.05, 4.69) is 39.0 Å². The van der Waals surface area contributed by atoms with Crippen molar-refractivity contribution in [2.45, 2.75) is 65.7 Å². The third-order valence-electron chi connectivity index (χ3n) is 3.68. The predicted octanol–water partition coefficient (Wildman–Crippen LogP) is 5.51. The molecule has 0 aromatic rings. The fraction of sp³-hybridized carbons (Fsp3) is 0.750. The SMILES string of the molecule is CCCCC[C@H]1C=CC(C(CC)CCC)=C1. The Bertz CT molecular complexity index is 234. The molecule has 0 aliphatic heterocycles. The summed E-state index contributed by atoms with van der Waals surface area (Å²) < 4.78 is 0. The van der Waals surface area contributed by atoms with Crippen LogP contribution in [0.2, 0.25) is 0 Å². The fourth-order valence-electron chi connectivity index (χ4n) is 2.63. The minimum absolute atomic E-state index is 0.743. The second-order valence-electron chi connectivity index (χ2n) is 5.08. The van der Waals surface area contributed by atoms with E-state index in [0.29, 0.717) is 0 Å². The Morgan fingerprint density at radius 1 is 1.12 bits per heavy atom. The smallest absolute Gasteiger partial charge is 0.00444 e. The van der Waals surface area contributed by atoms with Crippen LogP contribution in [0.1, 0.15) is 65.7 Å². The van der Waals surface area contributed by atoms with E-state index in [-0.39, 0.29) is 0 Å². The summed E-state index contributed by atoms with van der Waals surface area (Å²) in [6.07, 6.45) is 16.8. The zero-order valence-corrected chi connectivity index (χ0v) is 11.3. The molecule has 0 aromatic heterocycles. The van der Waals surface area contributed by atoms with Crippen LogP contribution in [0.15, 0.2) is 23.8 Å². The molecular weight excluding hydrogens is 192 g/mol. The number of hydrogen-bond acceptors (Lipinski definition) is 0. The highest BCUT2D eigenvalue weighted by Crippen LogP contribution is 2.30. The van der Waals surface area contributed by atoms with Gasteiger partial charge >= 0.3 is 0 Å². The maximum absolute atomic E-state index is 2.53. The molecule has 0 spiro atoms. The first kappa shape index (κ1) is 13.5. The van der Waals surface area contributed by atoms with E-state index in [9.17, 15) is 0 Å². The summed E-state index contributed by atoms with van der Waals surface area (Å²) in [7, 11) is 0. The third-order valence-corrected chi connectivity index (χ3v) is 3.68. The highest BCUT2D eigenvalue weighted by atomic mass is 14.2. The van der Waals surface area contributed by atoms with Crippen LogP contribution in [0.4, 0.5) is 0 Å². The molecule has 0 heteroatoms. The van der Waals surface area contributed by atoms with Crippen molar-refractivity contribution in [3.05, 3.63) is 23.8 Å². The molecule has 0 bridgehead atoms. The monoisotopic (exact) mass is 220 g/mol. The number of unbranched alkanes of at least 4 members (excludes halogenated alkanes) is 2. The van der Waals surface area contributed by atoms with Crippen molar-refractivity contribution in [2.24, 2.45) is 11.8 Å². The Morgan fingerprint density at radius 2 is 1.94 bits per heavy atom. The average Bonchev–Trinajstić information content (AvgIpc) is 2.75. The summed E-state index contributed by atoms with van der Waals surface area (Å²) in [6.45, 7) is 6.89. The predicted molar refractivity (Wildman–Crippen MR) is 73.5 cm³/mol. The van der Waals surface area contributed by atoms with Crippen molar-refractivity contribution in [3.8, 4) is 0 Å². The molecule has 92 valence electrons. The molecule has 16 heavy (non-hydrogen) atoms. The van der Waals surface area contributed by atoms with Gasteiger partial charge in [0, 0.05) is 0 Å². The standard InChI is InChI=1S/C16H28/c1-4-7-8-10-14-11-12-16(13-14)15(6-3)9-5-2/h11-15H,4-10H2,1-3H3/t14-,15?/m0/s1. The van der Waals surface area contributed by atoms with Gasteiger partial charge in [-0.3, -0.25) is 0 Å². The van der Waals surface area contributed by atoms with Crippen LogP contribution in [0, 0.1) is 11.8 Å². The van der Waals surface area contributed by atoms with Crippen molar-refractivity contribution >= 4 is 0 Å². The third kappa shape index (κ3) is 4.15. The second kappa shape index (κ2) is 7.70. The Balaban J connectivity index is 2.39. The van der Waals surface area contributed by atoms with E-state index in [0.717, 1.165) is 11.8 Å². The lowest BCUT2D eigenvalue weighted by Gasteiger charge is -2.13. The Labute approximate surface area is 102 Å². The van der Waals surface area contributed by atoms with E-state index in [1.54, 1.807) is 5.57 Å². The van der Waals surface area contributed by atoms with E-state index >= 15 is 0 Å². The first-order valence-electron chi connectivity index (χ1n) is 7.21. The van der Waals surface area contributed by atoms with Crippen LogP contribution in [-0.4, -0.2) is 0 Å². The Morgan fingerprint density at radius 3 is 2.56 bits per heavy atom. The van der Waals surface area contributed by atoms with Gasteiger partial charge in [-0.1, -0.05) is 64.7 Å². The van der Waals surface area contributed by atoms with Gasteiger partial charge in [0.15, 0.2) is 0 Å². The minimum Gasteiger partial charge on any atom is -0.0773 e. The van der Waals surface area contributed by atoms with Gasteiger partial charge in [0.1, 0.15) is 0 Å². The van der Waals surface area contributed by atoms with Crippen molar-refractivity contribution in [2.75, 3.05) is 0 Å². The van der Waals surface area contributed by atoms with Crippen molar-refractivity contribution in [1.82, 2.24) is 0 Å². The molecule has 1 aliphatic carbocycles. The van der Waals surface area contributed by atoms with E-state index in [1.807, 2.05) is 0 Å². The molecular formula is C16H28. The molecule has 1 rings (SSSR count). The number of allylic oxidation sites excluding steroid dienone is 4. The maximum Gasteiger partial charge on any atom is -0.00444 e. The highest BCUT2D eigenvalue weighted by molar-refractivity contribution is 5.31. The highest BCUT2D eigenvalue weighted by Gasteiger charge is 2.15. The topological polar surface area (TPSA) is 0 Å². The van der Waals surface area contributed by atoms with Crippen LogP contribution >= 0.6 is 0 Å². The van der Waals surface area contributed by atoms with Gasteiger partial charge < -0.3 is 0 Å².